The molecule has 2 aliphatic rings. The lowest BCUT2D eigenvalue weighted by Gasteiger charge is -2.33. The summed E-state index contributed by atoms with van der Waals surface area (Å²) in [5.41, 5.74) is 33.4. The predicted octanol–water partition coefficient (Wildman–Crippen LogP) is 27.1. The van der Waals surface area contributed by atoms with Crippen molar-refractivity contribution in [2.24, 2.45) is 0 Å². The second kappa shape index (κ2) is 34.7. The number of para-hydroxylation sites is 2. The van der Waals surface area contributed by atoms with Gasteiger partial charge in [0.25, 0.3) is 11.6 Å². The summed E-state index contributed by atoms with van der Waals surface area (Å²) in [6.07, 6.45) is 18.1. The maximum Gasteiger partial charge on any atom is 0.263 e. The van der Waals surface area contributed by atoms with Crippen LogP contribution in [0, 0.1) is 41.5 Å². The summed E-state index contributed by atoms with van der Waals surface area (Å²) in [6, 6.07) is 54.0. The maximum atomic E-state index is 2.48. The molecule has 2 atom stereocenters. The molecule has 4 heterocycles. The summed E-state index contributed by atoms with van der Waals surface area (Å²) in [5.74, 6) is 5.25. The van der Waals surface area contributed by atoms with Gasteiger partial charge in [0.2, 0.25) is 0 Å². The number of hydrogen-bond acceptors (Lipinski definition) is 4. The number of imidazole rings is 2. The van der Waals surface area contributed by atoms with Gasteiger partial charge in [-0.15, -0.1) is 0 Å². The molecule has 0 fully saturated rings. The third-order valence-electron chi connectivity index (χ3n) is 23.6. The minimum atomic E-state index is 0.0269. The van der Waals surface area contributed by atoms with Crippen LogP contribution in [0.1, 0.15) is 305 Å². The summed E-state index contributed by atoms with van der Waals surface area (Å²) < 4.78 is 9.15. The van der Waals surface area contributed by atoms with Gasteiger partial charge in [-0.3, -0.25) is 0 Å². The van der Waals surface area contributed by atoms with Gasteiger partial charge in [-0.25, -0.2) is 0 Å². The fourth-order valence-electron chi connectivity index (χ4n) is 16.7. The fourth-order valence-corrected chi connectivity index (χ4v) is 16.7. The van der Waals surface area contributed by atoms with Gasteiger partial charge in [-0.1, -0.05) is 263 Å². The third kappa shape index (κ3) is 18.9. The van der Waals surface area contributed by atoms with Crippen LogP contribution in [-0.4, -0.2) is 45.4 Å². The van der Waals surface area contributed by atoms with E-state index in [4.69, 9.17) is 0 Å². The van der Waals surface area contributed by atoms with E-state index in [0.29, 0.717) is 47.8 Å². The van der Waals surface area contributed by atoms with Crippen molar-refractivity contribution in [3.8, 4) is 45.0 Å². The number of anilines is 2. The molecule has 0 saturated carbocycles. The molecule has 0 spiro atoms. The Labute approximate surface area is 680 Å². The van der Waals surface area contributed by atoms with Crippen LogP contribution < -0.4 is 18.9 Å². The van der Waals surface area contributed by atoms with Crippen LogP contribution in [0.3, 0.4) is 0 Å². The van der Waals surface area contributed by atoms with Crippen LogP contribution in [-0.2, 0) is 21.7 Å². The topological polar surface area (TPSA) is 30.6 Å². The second-order valence-electron chi connectivity index (χ2n) is 38.2. The first-order valence-corrected chi connectivity index (χ1v) is 41.8. The standard InChI is InChI=1S/C36H47N2.C31H46N2.C21H25N2.C16H24N2/c1-23(2)28-19-31(24(3)4)35(32(20-28)25(5)6)29-21-33(36(9,10)11)26(7)34(22-29)38-18-17-37(27(38)8)30-15-13-12-14-16-30;1-19(2)24-15-26(20(3)4)30(27(16-24)21(5)6)25-17-28(31(9,10)11)22(7)29(18-25)33-14-13-32(12)23(33)8;1-16-19(21(3,4)5)12-9-13-20(16)23-15-14-22(17(23)2)18-10-7-6-8-11-18;1-12-14(16(3,4)5)8-7-9-15(12)18-11-10-17(6)13(18)2/h12-25H,1-11H3;13-21,23H,1-12H3;6-15H,1-5H3;7-11,13H,1-6H3/q+1;;+1;/t;23-;;13-/m.0.0/s1. The lowest BCUT2D eigenvalue weighted by molar-refractivity contribution is -0.602. The van der Waals surface area contributed by atoms with Crippen LogP contribution in [0.2, 0.25) is 0 Å². The molecular formula is C104H142N8+2. The van der Waals surface area contributed by atoms with Crippen LogP contribution in [0.4, 0.5) is 11.4 Å². The molecule has 12 rings (SSSR count). The average Bonchev–Trinajstić information content (AvgIpc) is 0.994. The van der Waals surface area contributed by atoms with Gasteiger partial charge in [0.05, 0.1) is 0 Å². The van der Waals surface area contributed by atoms with Crippen molar-refractivity contribution >= 4 is 11.4 Å². The van der Waals surface area contributed by atoms with Crippen molar-refractivity contribution in [3.05, 3.63) is 285 Å². The molecule has 0 unspecified atom stereocenters. The summed E-state index contributed by atoms with van der Waals surface area (Å²) in [6.45, 7) is 73.5. The molecule has 0 N–H and O–H groups in total. The van der Waals surface area contributed by atoms with Crippen molar-refractivity contribution in [1.82, 2.24) is 18.9 Å². The molecule has 2 aromatic heterocycles. The Hall–Kier alpha value is -9.14. The maximum absolute atomic E-state index is 2.48. The summed E-state index contributed by atoms with van der Waals surface area (Å²) in [4.78, 5) is 9.27. The quantitative estimate of drug-likeness (QED) is 0.102. The zero-order valence-corrected chi connectivity index (χ0v) is 75.7. The Kier molecular flexibility index (Phi) is 26.9. The van der Waals surface area contributed by atoms with Crippen molar-refractivity contribution in [2.75, 3.05) is 23.9 Å². The van der Waals surface area contributed by atoms with Gasteiger partial charge < -0.3 is 19.6 Å². The zero-order valence-electron chi connectivity index (χ0n) is 75.7. The SMILES string of the molecule is Cc1c(-[n+]2ccn(-c3ccccc3)c2C)cc(-c2c(C(C)C)cc(C(C)C)cc2C(C)C)cc1C(C)(C)C.Cc1c(-[n+]2ccn(-c3ccccc3)c2C)cccc1C(C)(C)C.Cc1c(N2C=CN(C)[C@@H]2C)cc(-c2c(C(C)C)cc(C(C)C)cc2C(C)C)cc1C(C)(C)C.Cc1c(N2C=CN(C)[C@@H]2C)cccc1C(C)(C)C. The molecule has 0 saturated heterocycles. The monoisotopic (exact) mass is 1500 g/mol. The number of hydrogen-bond donors (Lipinski definition) is 0. The van der Waals surface area contributed by atoms with Crippen LogP contribution in [0.5, 0.6) is 0 Å². The summed E-state index contributed by atoms with van der Waals surface area (Å²) in [7, 11) is 4.27. The van der Waals surface area contributed by atoms with Crippen LogP contribution in [0.25, 0.3) is 45.0 Å². The van der Waals surface area contributed by atoms with E-state index in [1.54, 1.807) is 0 Å². The van der Waals surface area contributed by atoms with Gasteiger partial charge in [0.15, 0.2) is 0 Å². The van der Waals surface area contributed by atoms with E-state index in [-0.39, 0.29) is 21.7 Å². The molecule has 10 aromatic rings. The van der Waals surface area contributed by atoms with Gasteiger partial charge in [-0.2, -0.15) is 18.3 Å². The Morgan fingerprint density at radius 3 is 1.01 bits per heavy atom. The first kappa shape index (κ1) is 86.8. The minimum absolute atomic E-state index is 0.0269. The lowest BCUT2D eigenvalue weighted by Crippen LogP contribution is -2.34. The summed E-state index contributed by atoms with van der Waals surface area (Å²) >= 11 is 0. The van der Waals surface area contributed by atoms with Gasteiger partial charge in [0.1, 0.15) is 59.9 Å². The second-order valence-corrected chi connectivity index (χ2v) is 38.2. The largest absolute Gasteiger partial charge is 0.359 e. The molecule has 8 nitrogen and oxygen atoms in total. The van der Waals surface area contributed by atoms with E-state index in [1.165, 1.54) is 146 Å². The molecule has 596 valence electrons. The molecule has 0 bridgehead atoms. The molecule has 8 heteroatoms. The molecule has 8 aromatic carbocycles. The van der Waals surface area contributed by atoms with Crippen LogP contribution in [0.15, 0.2) is 195 Å². The first-order chi connectivity index (χ1) is 52.3. The normalized spacial score (nSPS) is 14.7. The van der Waals surface area contributed by atoms with E-state index in [9.17, 15) is 0 Å². The van der Waals surface area contributed by atoms with E-state index in [2.05, 4.69) is 463 Å². The van der Waals surface area contributed by atoms with E-state index in [0.717, 1.165) is 0 Å². The highest BCUT2D eigenvalue weighted by Gasteiger charge is 2.33. The van der Waals surface area contributed by atoms with Crippen molar-refractivity contribution < 1.29 is 9.13 Å². The van der Waals surface area contributed by atoms with Crippen molar-refractivity contribution in [2.45, 2.75) is 291 Å². The highest BCUT2D eigenvalue weighted by atomic mass is 15.4. The summed E-state index contributed by atoms with van der Waals surface area (Å²) in [5, 5.41) is 0. The van der Waals surface area contributed by atoms with E-state index >= 15 is 0 Å². The lowest BCUT2D eigenvalue weighted by atomic mass is 9.78. The van der Waals surface area contributed by atoms with Crippen LogP contribution >= 0.6 is 0 Å². The smallest absolute Gasteiger partial charge is 0.263 e. The molecule has 2 aliphatic heterocycles. The Morgan fingerprint density at radius 1 is 0.321 bits per heavy atom. The third-order valence-corrected chi connectivity index (χ3v) is 23.6. The molecule has 0 radical (unpaired) electrons. The van der Waals surface area contributed by atoms with Gasteiger partial charge >= 0.3 is 0 Å². The van der Waals surface area contributed by atoms with Crippen molar-refractivity contribution in [1.29, 1.82) is 0 Å². The highest BCUT2D eigenvalue weighted by Crippen LogP contribution is 2.46. The number of benzene rings is 8. The molecule has 0 amide bonds. The van der Waals surface area contributed by atoms with Crippen molar-refractivity contribution in [3.63, 3.8) is 0 Å². The predicted molar refractivity (Wildman–Crippen MR) is 484 cm³/mol. The molecule has 0 aliphatic carbocycles. The van der Waals surface area contributed by atoms with Gasteiger partial charge in [0, 0.05) is 69.7 Å². The Bertz CT molecular complexity index is 4900. The number of rotatable bonds is 14. The van der Waals surface area contributed by atoms with E-state index in [1.807, 2.05) is 6.07 Å². The molecule has 112 heavy (non-hydrogen) atoms. The first-order valence-electron chi connectivity index (χ1n) is 41.8. The number of nitrogens with zero attached hydrogens (tertiary/aromatic N) is 8. The minimum Gasteiger partial charge on any atom is -0.359 e. The highest BCUT2D eigenvalue weighted by molar-refractivity contribution is 5.80. The Morgan fingerprint density at radius 2 is 0.652 bits per heavy atom. The van der Waals surface area contributed by atoms with Gasteiger partial charge in [-0.05, 0) is 242 Å². The Balaban J connectivity index is 0.000000178. The molecular weight excluding hydrogens is 1360 g/mol. The average molecular weight is 1500 g/mol. The van der Waals surface area contributed by atoms with E-state index < -0.39 is 0 Å². The fraction of sp³-hybridized carbons (Fsp3) is 0.442. The number of aromatic nitrogens is 4. The zero-order chi connectivity index (χ0) is 82.9.